The highest BCUT2D eigenvalue weighted by Gasteiger charge is 2.23. The van der Waals surface area contributed by atoms with Crippen LogP contribution in [-0.4, -0.2) is 5.11 Å². The molecule has 0 aromatic heterocycles. The van der Waals surface area contributed by atoms with Gasteiger partial charge in [0.2, 0.25) is 0 Å². The normalized spacial score (nSPS) is 11.6. The molecule has 6 rings (SSSR count). The molecule has 0 saturated heterocycles. The Bertz CT molecular complexity index is 1610. The van der Waals surface area contributed by atoms with Gasteiger partial charge in [-0.2, -0.15) is 0 Å². The van der Waals surface area contributed by atoms with E-state index in [0.717, 1.165) is 38.2 Å². The van der Waals surface area contributed by atoms with Crippen LogP contribution in [0.5, 0.6) is 5.75 Å². The van der Waals surface area contributed by atoms with Crippen LogP contribution >= 0.6 is 0 Å². The maximum absolute atomic E-state index is 12.7. The summed E-state index contributed by atoms with van der Waals surface area (Å²) < 4.78 is 6.23. The average Bonchev–Trinajstić information content (AvgIpc) is 2.79. The van der Waals surface area contributed by atoms with Gasteiger partial charge in [0.05, 0.1) is 0 Å². The largest absolute Gasteiger partial charge is 0.507 e. The van der Waals surface area contributed by atoms with Gasteiger partial charge in [0.15, 0.2) is 5.43 Å². The summed E-state index contributed by atoms with van der Waals surface area (Å²) in [6, 6.07) is 28.7. The molecule has 0 spiro atoms. The predicted molar refractivity (Wildman–Crippen MR) is 121 cm³/mol. The number of aromatic hydroxyl groups is 1. The second-order valence-corrected chi connectivity index (χ2v) is 7.45. The maximum atomic E-state index is 12.7. The molecular weight excluding hydrogens is 372 g/mol. The van der Waals surface area contributed by atoms with E-state index in [-0.39, 0.29) is 11.2 Å². The van der Waals surface area contributed by atoms with Crippen molar-refractivity contribution in [2.75, 3.05) is 0 Å². The first-order chi connectivity index (χ1) is 14.7. The van der Waals surface area contributed by atoms with Gasteiger partial charge < -0.3 is 9.52 Å². The highest BCUT2D eigenvalue weighted by atomic mass is 16.3. The lowest BCUT2D eigenvalue weighted by atomic mass is 9.88. The highest BCUT2D eigenvalue weighted by Crippen LogP contribution is 2.46. The lowest BCUT2D eigenvalue weighted by Crippen LogP contribution is -2.04. The zero-order valence-electron chi connectivity index (χ0n) is 15.9. The monoisotopic (exact) mass is 388 g/mol. The molecule has 3 nitrogen and oxygen atoms in total. The summed E-state index contributed by atoms with van der Waals surface area (Å²) in [6.45, 7) is 0. The fraction of sp³-hybridized carbons (Fsp3) is 0. The highest BCUT2D eigenvalue weighted by molar-refractivity contribution is 6.20. The van der Waals surface area contributed by atoms with Crippen molar-refractivity contribution in [3.8, 4) is 28.2 Å². The summed E-state index contributed by atoms with van der Waals surface area (Å²) in [4.78, 5) is 12.7. The third-order valence-corrected chi connectivity index (χ3v) is 5.74. The molecule has 4 aromatic carbocycles. The number of rotatable bonds is 1. The van der Waals surface area contributed by atoms with Crippen LogP contribution in [0.4, 0.5) is 0 Å². The summed E-state index contributed by atoms with van der Waals surface area (Å²) >= 11 is 0. The van der Waals surface area contributed by atoms with Crippen molar-refractivity contribution in [2.24, 2.45) is 0 Å². The van der Waals surface area contributed by atoms with Crippen molar-refractivity contribution in [3.05, 3.63) is 101 Å². The molecule has 4 aromatic rings. The quantitative estimate of drug-likeness (QED) is 0.256. The van der Waals surface area contributed by atoms with E-state index < -0.39 is 0 Å². The van der Waals surface area contributed by atoms with Crippen LogP contribution < -0.4 is 5.43 Å². The van der Waals surface area contributed by atoms with Crippen molar-refractivity contribution in [1.82, 2.24) is 0 Å². The Morgan fingerprint density at radius 3 is 2.03 bits per heavy atom. The first-order valence-electron chi connectivity index (χ1n) is 9.81. The van der Waals surface area contributed by atoms with Gasteiger partial charge in [-0.3, -0.25) is 4.79 Å². The summed E-state index contributed by atoms with van der Waals surface area (Å²) in [7, 11) is 0. The minimum Gasteiger partial charge on any atom is -0.507 e. The molecule has 30 heavy (non-hydrogen) atoms. The molecule has 0 amide bonds. The third kappa shape index (κ3) is 2.29. The molecule has 0 atom stereocenters. The number of phenolic OH excluding ortho intramolecular Hbond substituents is 1. The molecule has 1 aliphatic carbocycles. The zero-order valence-corrected chi connectivity index (χ0v) is 15.9. The van der Waals surface area contributed by atoms with Crippen molar-refractivity contribution >= 4 is 32.5 Å². The molecule has 0 fully saturated rings. The lowest BCUT2D eigenvalue weighted by molar-refractivity contribution is 0.480. The van der Waals surface area contributed by atoms with Crippen LogP contribution in [0.2, 0.25) is 0 Å². The van der Waals surface area contributed by atoms with Crippen LogP contribution in [0.25, 0.3) is 55.0 Å². The van der Waals surface area contributed by atoms with E-state index >= 15 is 0 Å². The Labute approximate surface area is 171 Å². The molecule has 1 N–H and O–H groups in total. The molecule has 1 aliphatic heterocycles. The van der Waals surface area contributed by atoms with Crippen LogP contribution in [0.15, 0.2) is 100 Å². The minimum absolute atomic E-state index is 0.0785. The SMILES string of the molecule is O=c1cc2oc3cc(O)c4ccccc4c3c(-c3ccccc3)c-2c2ccccc12. The second-order valence-electron chi connectivity index (χ2n) is 7.45. The number of hydrogen-bond donors (Lipinski definition) is 1. The van der Waals surface area contributed by atoms with Crippen molar-refractivity contribution in [2.45, 2.75) is 0 Å². The molecule has 2 aliphatic rings. The lowest BCUT2D eigenvalue weighted by Gasteiger charge is -2.19. The van der Waals surface area contributed by atoms with Crippen LogP contribution in [0.1, 0.15) is 0 Å². The second kappa shape index (κ2) is 6.19. The van der Waals surface area contributed by atoms with Gasteiger partial charge in [-0.25, -0.2) is 0 Å². The Kier molecular flexibility index (Phi) is 3.47. The van der Waals surface area contributed by atoms with E-state index in [1.54, 1.807) is 12.1 Å². The number of fused-ring (bicyclic) bond motifs is 6. The zero-order chi connectivity index (χ0) is 20.2. The standard InChI is InChI=1S/C27H16O3/c28-21-14-23-26(19-12-6-4-10-17(19)21)25(16-8-2-1-3-9-16)27-20-13-7-5-11-18(20)22(29)15-24(27)30-23/h1-15,28H. The van der Waals surface area contributed by atoms with E-state index in [9.17, 15) is 9.90 Å². The van der Waals surface area contributed by atoms with E-state index in [1.165, 1.54) is 0 Å². The fourth-order valence-electron chi connectivity index (χ4n) is 4.46. The molecule has 0 unspecified atom stereocenters. The first-order valence-corrected chi connectivity index (χ1v) is 9.81. The molecule has 142 valence electrons. The van der Waals surface area contributed by atoms with E-state index in [1.807, 2.05) is 66.7 Å². The van der Waals surface area contributed by atoms with Crippen molar-refractivity contribution in [1.29, 1.82) is 0 Å². The Hall–Kier alpha value is -4.11. The predicted octanol–water partition coefficient (Wildman–Crippen LogP) is 6.58. The minimum atomic E-state index is -0.0785. The smallest absolute Gasteiger partial charge is 0.190 e. The number of phenols is 1. The van der Waals surface area contributed by atoms with Crippen molar-refractivity contribution < 1.29 is 9.52 Å². The van der Waals surface area contributed by atoms with Gasteiger partial charge in [-0.15, -0.1) is 0 Å². The van der Waals surface area contributed by atoms with E-state index in [0.29, 0.717) is 16.7 Å². The molecule has 3 heteroatoms. The Balaban J connectivity index is 1.99. The number of hydrogen-bond acceptors (Lipinski definition) is 3. The molecule has 1 heterocycles. The van der Waals surface area contributed by atoms with Gasteiger partial charge in [-0.1, -0.05) is 78.9 Å². The van der Waals surface area contributed by atoms with E-state index in [2.05, 4.69) is 12.1 Å². The van der Waals surface area contributed by atoms with Crippen molar-refractivity contribution in [3.63, 3.8) is 0 Å². The van der Waals surface area contributed by atoms with Crippen LogP contribution in [-0.2, 0) is 0 Å². The van der Waals surface area contributed by atoms with Crippen LogP contribution in [0, 0.1) is 0 Å². The number of benzene rings is 5. The van der Waals surface area contributed by atoms with Gasteiger partial charge in [0.25, 0.3) is 0 Å². The first kappa shape index (κ1) is 16.8. The topological polar surface area (TPSA) is 50.4 Å². The Morgan fingerprint density at radius 1 is 0.633 bits per heavy atom. The third-order valence-electron chi connectivity index (χ3n) is 5.74. The maximum Gasteiger partial charge on any atom is 0.190 e. The summed E-state index contributed by atoms with van der Waals surface area (Å²) in [5.41, 5.74) is 3.40. The fourth-order valence-corrected chi connectivity index (χ4v) is 4.46. The summed E-state index contributed by atoms with van der Waals surface area (Å²) in [5.74, 6) is 0.670. The van der Waals surface area contributed by atoms with Gasteiger partial charge in [-0.05, 0) is 16.3 Å². The van der Waals surface area contributed by atoms with Crippen LogP contribution in [0.3, 0.4) is 0 Å². The molecule has 0 saturated carbocycles. The van der Waals surface area contributed by atoms with Gasteiger partial charge in [0.1, 0.15) is 17.1 Å². The summed E-state index contributed by atoms with van der Waals surface area (Å²) in [6.07, 6.45) is 0. The average molecular weight is 388 g/mol. The Morgan fingerprint density at radius 2 is 1.27 bits per heavy atom. The molecular formula is C27H16O3. The molecule has 0 bridgehead atoms. The summed E-state index contributed by atoms with van der Waals surface area (Å²) in [5, 5.41) is 14.7. The van der Waals surface area contributed by atoms with Gasteiger partial charge >= 0.3 is 0 Å². The van der Waals surface area contributed by atoms with Gasteiger partial charge in [0, 0.05) is 39.4 Å². The molecule has 0 radical (unpaired) electrons. The van der Waals surface area contributed by atoms with E-state index in [4.69, 9.17) is 4.42 Å².